The molecule has 1 aliphatic heterocycles. The zero-order chi connectivity index (χ0) is 16.1. The number of aryl methyl sites for hydroxylation is 2. The highest BCUT2D eigenvalue weighted by Gasteiger charge is 2.50. The SMILES string of the molecule is Cc1cc(NC(=O)N2CC(C)(C)[C@@H]3CCC[C@@H]32)c(=O)n(C)c1. The molecule has 3 rings (SSSR count). The molecule has 1 saturated carbocycles. The van der Waals surface area contributed by atoms with Crippen molar-refractivity contribution < 1.29 is 4.79 Å². The van der Waals surface area contributed by atoms with E-state index in [0.717, 1.165) is 18.5 Å². The van der Waals surface area contributed by atoms with E-state index < -0.39 is 0 Å². The molecule has 5 heteroatoms. The van der Waals surface area contributed by atoms with Crippen LogP contribution < -0.4 is 10.9 Å². The Kier molecular flexibility index (Phi) is 3.54. The number of pyridine rings is 1. The maximum absolute atomic E-state index is 12.7. The van der Waals surface area contributed by atoms with Crippen LogP contribution in [-0.4, -0.2) is 28.1 Å². The monoisotopic (exact) mass is 303 g/mol. The van der Waals surface area contributed by atoms with Gasteiger partial charge in [-0.2, -0.15) is 0 Å². The van der Waals surface area contributed by atoms with Gasteiger partial charge in [-0.05, 0) is 42.7 Å². The van der Waals surface area contributed by atoms with Crippen LogP contribution in [0.5, 0.6) is 0 Å². The lowest BCUT2D eigenvalue weighted by atomic mass is 9.80. The number of hydrogen-bond acceptors (Lipinski definition) is 2. The Balaban J connectivity index is 1.83. The van der Waals surface area contributed by atoms with Gasteiger partial charge in [0.2, 0.25) is 0 Å². The van der Waals surface area contributed by atoms with E-state index in [9.17, 15) is 9.59 Å². The van der Waals surface area contributed by atoms with E-state index in [1.54, 1.807) is 19.3 Å². The summed E-state index contributed by atoms with van der Waals surface area (Å²) in [6, 6.07) is 1.93. The van der Waals surface area contributed by atoms with Crippen LogP contribution >= 0.6 is 0 Å². The summed E-state index contributed by atoms with van der Waals surface area (Å²) in [6.45, 7) is 7.17. The first-order valence-electron chi connectivity index (χ1n) is 8.04. The smallest absolute Gasteiger partial charge is 0.321 e. The van der Waals surface area contributed by atoms with Gasteiger partial charge in [0.15, 0.2) is 0 Å². The molecule has 1 N–H and O–H groups in total. The Morgan fingerprint density at radius 3 is 2.82 bits per heavy atom. The predicted octanol–water partition coefficient (Wildman–Crippen LogP) is 2.74. The van der Waals surface area contributed by atoms with Crippen molar-refractivity contribution in [2.24, 2.45) is 18.4 Å². The fourth-order valence-corrected chi connectivity index (χ4v) is 4.28. The molecular formula is C17H25N3O2. The molecule has 2 heterocycles. The summed E-state index contributed by atoms with van der Waals surface area (Å²) in [7, 11) is 1.71. The van der Waals surface area contributed by atoms with Crippen molar-refractivity contribution >= 4 is 11.7 Å². The van der Waals surface area contributed by atoms with Crippen molar-refractivity contribution in [3.8, 4) is 0 Å². The number of likely N-dealkylation sites (tertiary alicyclic amines) is 1. The molecule has 22 heavy (non-hydrogen) atoms. The maximum Gasteiger partial charge on any atom is 0.322 e. The van der Waals surface area contributed by atoms with Gasteiger partial charge in [0, 0.05) is 25.8 Å². The Hall–Kier alpha value is -1.78. The molecule has 1 saturated heterocycles. The van der Waals surface area contributed by atoms with Crippen molar-refractivity contribution in [3.05, 3.63) is 28.2 Å². The lowest BCUT2D eigenvalue weighted by Crippen LogP contribution is -2.40. The maximum atomic E-state index is 12.7. The van der Waals surface area contributed by atoms with Crippen LogP contribution in [0.4, 0.5) is 10.5 Å². The molecule has 1 aliphatic carbocycles. The number of carbonyl (C=O) groups is 1. The highest BCUT2D eigenvalue weighted by atomic mass is 16.2. The summed E-state index contributed by atoms with van der Waals surface area (Å²) in [5.74, 6) is 0.582. The summed E-state index contributed by atoms with van der Waals surface area (Å²) in [6.07, 6.45) is 5.24. The minimum Gasteiger partial charge on any atom is -0.321 e. The number of rotatable bonds is 1. The second kappa shape index (κ2) is 5.14. The van der Waals surface area contributed by atoms with E-state index in [0.29, 0.717) is 17.6 Å². The zero-order valence-electron chi connectivity index (χ0n) is 13.8. The average Bonchev–Trinajstić information content (AvgIpc) is 2.99. The van der Waals surface area contributed by atoms with Gasteiger partial charge in [-0.1, -0.05) is 20.3 Å². The minimum absolute atomic E-state index is 0.134. The number of anilines is 1. The number of nitrogens with zero attached hydrogens (tertiary/aromatic N) is 2. The first kappa shape index (κ1) is 15.1. The van der Waals surface area contributed by atoms with Gasteiger partial charge < -0.3 is 14.8 Å². The van der Waals surface area contributed by atoms with E-state index in [2.05, 4.69) is 19.2 Å². The number of carbonyl (C=O) groups excluding carboxylic acids is 1. The lowest BCUT2D eigenvalue weighted by Gasteiger charge is -2.24. The fourth-order valence-electron chi connectivity index (χ4n) is 4.28. The van der Waals surface area contributed by atoms with Crippen molar-refractivity contribution in [1.29, 1.82) is 0 Å². The molecule has 2 fully saturated rings. The molecule has 2 aliphatic rings. The van der Waals surface area contributed by atoms with E-state index in [1.807, 2.05) is 11.8 Å². The molecule has 120 valence electrons. The molecule has 1 aromatic heterocycles. The van der Waals surface area contributed by atoms with Crippen LogP contribution in [-0.2, 0) is 7.05 Å². The summed E-state index contributed by atoms with van der Waals surface area (Å²) >= 11 is 0. The van der Waals surface area contributed by atoms with Gasteiger partial charge in [-0.25, -0.2) is 4.79 Å². The van der Waals surface area contributed by atoms with Gasteiger partial charge in [0.25, 0.3) is 5.56 Å². The molecule has 0 bridgehead atoms. The molecule has 2 amide bonds. The number of hydrogen-bond donors (Lipinski definition) is 1. The van der Waals surface area contributed by atoms with Gasteiger partial charge in [0.1, 0.15) is 5.69 Å². The second-order valence-corrected chi connectivity index (χ2v) is 7.50. The van der Waals surface area contributed by atoms with Crippen molar-refractivity contribution in [3.63, 3.8) is 0 Å². The molecule has 0 radical (unpaired) electrons. The Labute approximate surface area is 131 Å². The summed E-state index contributed by atoms with van der Waals surface area (Å²) in [4.78, 5) is 26.8. The third-order valence-electron chi connectivity index (χ3n) is 5.28. The number of aromatic nitrogens is 1. The summed E-state index contributed by atoms with van der Waals surface area (Å²) in [5, 5.41) is 2.84. The van der Waals surface area contributed by atoms with Gasteiger partial charge in [-0.3, -0.25) is 4.79 Å². The highest BCUT2D eigenvalue weighted by molar-refractivity contribution is 5.89. The lowest BCUT2D eigenvalue weighted by molar-refractivity contribution is 0.202. The van der Waals surface area contributed by atoms with E-state index in [4.69, 9.17) is 0 Å². The van der Waals surface area contributed by atoms with Gasteiger partial charge in [-0.15, -0.1) is 0 Å². The number of urea groups is 1. The van der Waals surface area contributed by atoms with Gasteiger partial charge >= 0.3 is 6.03 Å². The van der Waals surface area contributed by atoms with Crippen molar-refractivity contribution in [2.75, 3.05) is 11.9 Å². The van der Waals surface area contributed by atoms with Crippen LogP contribution in [0.1, 0.15) is 38.7 Å². The quantitative estimate of drug-likeness (QED) is 0.867. The summed E-state index contributed by atoms with van der Waals surface area (Å²) in [5.41, 5.74) is 1.32. The first-order chi connectivity index (χ1) is 10.3. The first-order valence-corrected chi connectivity index (χ1v) is 8.04. The largest absolute Gasteiger partial charge is 0.322 e. The third kappa shape index (κ3) is 2.42. The topological polar surface area (TPSA) is 54.3 Å². The van der Waals surface area contributed by atoms with Crippen LogP contribution in [0, 0.1) is 18.3 Å². The Morgan fingerprint density at radius 2 is 2.09 bits per heavy atom. The van der Waals surface area contributed by atoms with Crippen LogP contribution in [0.3, 0.4) is 0 Å². The van der Waals surface area contributed by atoms with Crippen LogP contribution in [0.2, 0.25) is 0 Å². The van der Waals surface area contributed by atoms with E-state index in [-0.39, 0.29) is 17.0 Å². The van der Waals surface area contributed by atoms with Crippen LogP contribution in [0.25, 0.3) is 0 Å². The number of amides is 2. The minimum atomic E-state index is -0.166. The van der Waals surface area contributed by atoms with Gasteiger partial charge in [0.05, 0.1) is 0 Å². The molecule has 2 atom stereocenters. The molecule has 1 aromatic rings. The average molecular weight is 303 g/mol. The summed E-state index contributed by atoms with van der Waals surface area (Å²) < 4.78 is 1.51. The zero-order valence-corrected chi connectivity index (χ0v) is 13.8. The number of nitrogens with one attached hydrogen (secondary N) is 1. The van der Waals surface area contributed by atoms with E-state index in [1.165, 1.54) is 17.4 Å². The third-order valence-corrected chi connectivity index (χ3v) is 5.28. The molecule has 0 unspecified atom stereocenters. The molecule has 0 aromatic carbocycles. The highest BCUT2D eigenvalue weighted by Crippen LogP contribution is 2.48. The predicted molar refractivity (Wildman–Crippen MR) is 87.1 cm³/mol. The van der Waals surface area contributed by atoms with Crippen LogP contribution in [0.15, 0.2) is 17.1 Å². The van der Waals surface area contributed by atoms with E-state index >= 15 is 0 Å². The molecular weight excluding hydrogens is 278 g/mol. The normalized spacial score (nSPS) is 26.1. The molecule has 5 nitrogen and oxygen atoms in total. The fraction of sp³-hybridized carbons (Fsp3) is 0.647. The second-order valence-electron chi connectivity index (χ2n) is 7.50. The Bertz CT molecular complexity index is 662. The Morgan fingerprint density at radius 1 is 1.36 bits per heavy atom. The molecule has 0 spiro atoms. The number of fused-ring (bicyclic) bond motifs is 1. The van der Waals surface area contributed by atoms with Crippen molar-refractivity contribution in [2.45, 2.75) is 46.1 Å². The standard InChI is InChI=1S/C17H25N3O2/c1-11-8-13(15(21)19(4)9-11)18-16(22)20-10-17(2,3)12-6-5-7-14(12)20/h8-9,12,14H,5-7,10H2,1-4H3,(H,18,22)/t12-,14+/m1/s1. The van der Waals surface area contributed by atoms with Crippen molar-refractivity contribution in [1.82, 2.24) is 9.47 Å².